The van der Waals surface area contributed by atoms with Gasteiger partial charge < -0.3 is 9.47 Å². The van der Waals surface area contributed by atoms with Crippen LogP contribution in [0.1, 0.15) is 59.8 Å². The molecule has 2 heterocycles. The molecule has 0 amide bonds. The Hall–Kier alpha value is -0.830. The SMILES string of the molecule is CC(C)[C@@]12CC[C@H]3C(=C[C@H]4OC(=O)[C@@]5(C)CCC[C@@]3(C)[C@@H]45)[C@@H]1O2. The minimum absolute atomic E-state index is 0.0174. The lowest BCUT2D eigenvalue weighted by Crippen LogP contribution is -2.54. The highest BCUT2D eigenvalue weighted by Crippen LogP contribution is 2.69. The highest BCUT2D eigenvalue weighted by atomic mass is 16.6. The number of fused-ring (bicyclic) bond motifs is 4. The monoisotopic (exact) mass is 316 g/mol. The molecule has 3 heteroatoms. The molecule has 0 radical (unpaired) electrons. The zero-order valence-electron chi connectivity index (χ0n) is 14.7. The van der Waals surface area contributed by atoms with Gasteiger partial charge in [-0.1, -0.05) is 27.2 Å². The first-order valence-electron chi connectivity index (χ1n) is 9.43. The van der Waals surface area contributed by atoms with Gasteiger partial charge in [0.15, 0.2) is 0 Å². The smallest absolute Gasteiger partial charge is 0.312 e. The summed E-state index contributed by atoms with van der Waals surface area (Å²) in [6.45, 7) is 9.15. The fraction of sp³-hybridized carbons (Fsp3) is 0.850. The minimum atomic E-state index is -0.267. The van der Waals surface area contributed by atoms with Crippen molar-refractivity contribution in [3.8, 4) is 0 Å². The molecule has 5 aliphatic rings. The fourth-order valence-electron chi connectivity index (χ4n) is 6.97. The second-order valence-electron chi connectivity index (χ2n) is 9.49. The van der Waals surface area contributed by atoms with Gasteiger partial charge in [-0.05, 0) is 61.5 Å². The molecule has 7 atom stereocenters. The molecule has 3 aliphatic carbocycles. The normalized spacial score (nSPS) is 56.4. The average Bonchev–Trinajstić information content (AvgIpc) is 3.17. The molecule has 0 N–H and O–H groups in total. The summed E-state index contributed by atoms with van der Waals surface area (Å²) in [4.78, 5) is 12.6. The largest absolute Gasteiger partial charge is 0.457 e. The third-order valence-corrected chi connectivity index (χ3v) is 8.23. The van der Waals surface area contributed by atoms with Gasteiger partial charge in [0.05, 0.1) is 5.41 Å². The van der Waals surface area contributed by atoms with Crippen molar-refractivity contribution in [1.82, 2.24) is 0 Å². The molecule has 23 heavy (non-hydrogen) atoms. The molecular weight excluding hydrogens is 288 g/mol. The molecule has 3 nitrogen and oxygen atoms in total. The Morgan fingerprint density at radius 1 is 1.22 bits per heavy atom. The first-order valence-corrected chi connectivity index (χ1v) is 9.43. The van der Waals surface area contributed by atoms with Crippen LogP contribution in [0.3, 0.4) is 0 Å². The van der Waals surface area contributed by atoms with E-state index in [2.05, 4.69) is 33.8 Å². The number of carbonyl (C=O) groups excluding carboxylic acids is 1. The van der Waals surface area contributed by atoms with Gasteiger partial charge in [0.25, 0.3) is 0 Å². The maximum atomic E-state index is 12.6. The second kappa shape index (κ2) is 4.04. The van der Waals surface area contributed by atoms with Crippen LogP contribution in [0, 0.1) is 28.6 Å². The molecule has 0 aromatic carbocycles. The highest BCUT2D eigenvalue weighted by molar-refractivity contribution is 5.80. The number of hydrogen-bond acceptors (Lipinski definition) is 3. The molecule has 4 fully saturated rings. The van der Waals surface area contributed by atoms with E-state index in [1.54, 1.807) is 0 Å². The summed E-state index contributed by atoms with van der Waals surface area (Å²) >= 11 is 0. The van der Waals surface area contributed by atoms with E-state index in [0.717, 1.165) is 12.8 Å². The first-order chi connectivity index (χ1) is 10.8. The van der Waals surface area contributed by atoms with Crippen molar-refractivity contribution in [2.75, 3.05) is 0 Å². The lowest BCUT2D eigenvalue weighted by Gasteiger charge is -2.55. The Bertz CT molecular complexity index is 622. The molecule has 2 saturated heterocycles. The second-order valence-corrected chi connectivity index (χ2v) is 9.49. The van der Waals surface area contributed by atoms with Crippen LogP contribution in [0.25, 0.3) is 0 Å². The topological polar surface area (TPSA) is 38.8 Å². The summed E-state index contributed by atoms with van der Waals surface area (Å²) in [5.74, 6) is 1.54. The molecule has 0 aromatic rings. The Kier molecular flexibility index (Phi) is 2.55. The lowest BCUT2D eigenvalue weighted by molar-refractivity contribution is -0.148. The number of esters is 1. The third kappa shape index (κ3) is 1.49. The van der Waals surface area contributed by atoms with E-state index in [-0.39, 0.29) is 34.6 Å². The van der Waals surface area contributed by atoms with Crippen LogP contribution < -0.4 is 0 Å². The van der Waals surface area contributed by atoms with Crippen LogP contribution in [-0.2, 0) is 14.3 Å². The van der Waals surface area contributed by atoms with E-state index in [1.807, 2.05) is 0 Å². The number of ether oxygens (including phenoxy) is 2. The van der Waals surface area contributed by atoms with E-state index >= 15 is 0 Å². The van der Waals surface area contributed by atoms with Gasteiger partial charge in [0, 0.05) is 5.92 Å². The Labute approximate surface area is 138 Å². The summed E-state index contributed by atoms with van der Waals surface area (Å²) < 4.78 is 12.2. The molecule has 0 bridgehead atoms. The number of rotatable bonds is 1. The molecule has 0 unspecified atom stereocenters. The number of hydrogen-bond donors (Lipinski definition) is 0. The van der Waals surface area contributed by atoms with Gasteiger partial charge in [-0.3, -0.25) is 4.79 Å². The predicted molar refractivity (Wildman–Crippen MR) is 86.7 cm³/mol. The van der Waals surface area contributed by atoms with Crippen LogP contribution in [0.5, 0.6) is 0 Å². The Morgan fingerprint density at radius 2 is 2.00 bits per heavy atom. The molecule has 2 saturated carbocycles. The van der Waals surface area contributed by atoms with Crippen molar-refractivity contribution >= 4 is 5.97 Å². The fourth-order valence-corrected chi connectivity index (χ4v) is 6.97. The maximum Gasteiger partial charge on any atom is 0.312 e. The quantitative estimate of drug-likeness (QED) is 0.419. The number of epoxide rings is 1. The van der Waals surface area contributed by atoms with Crippen LogP contribution in [0.2, 0.25) is 0 Å². The van der Waals surface area contributed by atoms with E-state index in [4.69, 9.17) is 9.47 Å². The van der Waals surface area contributed by atoms with Crippen molar-refractivity contribution in [2.45, 2.75) is 77.6 Å². The van der Waals surface area contributed by atoms with Gasteiger partial charge >= 0.3 is 5.97 Å². The molecule has 0 spiro atoms. The van der Waals surface area contributed by atoms with E-state index < -0.39 is 0 Å². The van der Waals surface area contributed by atoms with E-state index in [1.165, 1.54) is 24.8 Å². The first kappa shape index (κ1) is 14.5. The van der Waals surface area contributed by atoms with Crippen LogP contribution in [-0.4, -0.2) is 23.8 Å². The summed E-state index contributed by atoms with van der Waals surface area (Å²) in [5, 5.41) is 0. The summed E-state index contributed by atoms with van der Waals surface area (Å²) in [6.07, 6.45) is 8.33. The zero-order valence-corrected chi connectivity index (χ0v) is 14.7. The van der Waals surface area contributed by atoms with Crippen molar-refractivity contribution in [2.24, 2.45) is 28.6 Å². The van der Waals surface area contributed by atoms with Gasteiger partial charge in [-0.15, -0.1) is 0 Å². The van der Waals surface area contributed by atoms with Crippen molar-refractivity contribution < 1.29 is 14.3 Å². The summed E-state index contributed by atoms with van der Waals surface area (Å²) in [7, 11) is 0. The number of carbonyl (C=O) groups is 1. The van der Waals surface area contributed by atoms with Gasteiger partial charge in [0.1, 0.15) is 17.8 Å². The van der Waals surface area contributed by atoms with Crippen molar-refractivity contribution in [1.29, 1.82) is 0 Å². The summed E-state index contributed by atoms with van der Waals surface area (Å²) in [5.41, 5.74) is 1.47. The van der Waals surface area contributed by atoms with Crippen molar-refractivity contribution in [3.05, 3.63) is 11.6 Å². The van der Waals surface area contributed by atoms with E-state index in [9.17, 15) is 4.79 Å². The van der Waals surface area contributed by atoms with Crippen LogP contribution >= 0.6 is 0 Å². The Balaban J connectivity index is 1.61. The maximum absolute atomic E-state index is 12.6. The van der Waals surface area contributed by atoms with Crippen LogP contribution in [0.4, 0.5) is 0 Å². The molecule has 126 valence electrons. The average molecular weight is 316 g/mol. The predicted octanol–water partition coefficient (Wildman–Crippen LogP) is 3.87. The highest BCUT2D eigenvalue weighted by Gasteiger charge is 2.71. The van der Waals surface area contributed by atoms with E-state index in [0.29, 0.717) is 17.8 Å². The Morgan fingerprint density at radius 3 is 2.74 bits per heavy atom. The molecular formula is C20H28O3. The lowest BCUT2D eigenvalue weighted by atomic mass is 9.46. The standard InChI is InChI=1S/C20H28O3/c1-11(2)20-9-6-13-12(16(20)23-20)10-14-15-18(13,3)7-5-8-19(15,4)17(21)22-14/h10-11,13-16H,5-9H2,1-4H3/t13-,14+,15+,16-,18+,19-,20-/m0/s1. The molecule has 5 rings (SSSR count). The molecule has 2 aliphatic heterocycles. The van der Waals surface area contributed by atoms with Gasteiger partial charge in [-0.25, -0.2) is 0 Å². The molecule has 0 aromatic heterocycles. The van der Waals surface area contributed by atoms with Crippen LogP contribution in [0.15, 0.2) is 11.6 Å². The third-order valence-electron chi connectivity index (χ3n) is 8.23. The van der Waals surface area contributed by atoms with Gasteiger partial charge in [0.2, 0.25) is 0 Å². The summed E-state index contributed by atoms with van der Waals surface area (Å²) in [6, 6.07) is 0. The van der Waals surface area contributed by atoms with Gasteiger partial charge in [-0.2, -0.15) is 0 Å². The zero-order chi connectivity index (χ0) is 16.2. The van der Waals surface area contributed by atoms with Crippen molar-refractivity contribution in [3.63, 3.8) is 0 Å². The minimum Gasteiger partial charge on any atom is -0.457 e.